The molecule has 1 aliphatic rings. The Balaban J connectivity index is 0.00000162. The van der Waals surface area contributed by atoms with E-state index in [0.717, 1.165) is 26.1 Å². The van der Waals surface area contributed by atoms with Gasteiger partial charge < -0.3 is 5.73 Å². The van der Waals surface area contributed by atoms with Crippen molar-refractivity contribution in [1.29, 1.82) is 0 Å². The van der Waals surface area contributed by atoms with Crippen molar-refractivity contribution in [3.63, 3.8) is 0 Å². The van der Waals surface area contributed by atoms with Crippen LogP contribution in [0.2, 0.25) is 0 Å². The molecule has 0 unspecified atom stereocenters. The van der Waals surface area contributed by atoms with Crippen molar-refractivity contribution >= 4 is 12.4 Å². The van der Waals surface area contributed by atoms with E-state index in [4.69, 9.17) is 5.73 Å². The average Bonchev–Trinajstić information content (AvgIpc) is 2.13. The monoisotopic (exact) mass is 268 g/mol. The number of fused-ring (bicyclic) bond motifs is 1. The van der Waals surface area contributed by atoms with Gasteiger partial charge in [0.05, 0.1) is 0 Å². The molecule has 0 aromatic heterocycles. The minimum absolute atomic E-state index is 0. The molecule has 1 aliphatic heterocycles. The molecule has 0 fully saturated rings. The van der Waals surface area contributed by atoms with Crippen LogP contribution in [0.1, 0.15) is 36.1 Å². The van der Waals surface area contributed by atoms with Crippen molar-refractivity contribution in [3.05, 3.63) is 34.4 Å². The molecule has 0 radical (unpaired) electrons. The number of nitrogens with zero attached hydrogens (tertiary/aromatic N) is 1. The molecule has 2 rings (SSSR count). The van der Waals surface area contributed by atoms with Gasteiger partial charge in [-0.15, -0.1) is 12.4 Å². The quantitative estimate of drug-likeness (QED) is 0.894. The molecule has 1 aromatic carbocycles. The Morgan fingerprint density at radius 1 is 1.28 bits per heavy atom. The van der Waals surface area contributed by atoms with Gasteiger partial charge in [0.1, 0.15) is 0 Å². The molecule has 18 heavy (non-hydrogen) atoms. The van der Waals surface area contributed by atoms with Crippen molar-refractivity contribution in [2.45, 2.75) is 46.2 Å². The number of benzene rings is 1. The van der Waals surface area contributed by atoms with Gasteiger partial charge in [0.2, 0.25) is 0 Å². The SMILES string of the molecule is Cc1cc(C)c2c(c1)CN(CC(C)(C)N)CC2.Cl. The van der Waals surface area contributed by atoms with Crippen LogP contribution < -0.4 is 5.73 Å². The maximum Gasteiger partial charge on any atom is 0.0237 e. The molecule has 0 bridgehead atoms. The molecule has 0 saturated heterocycles. The van der Waals surface area contributed by atoms with Gasteiger partial charge in [0.15, 0.2) is 0 Å². The van der Waals surface area contributed by atoms with Crippen molar-refractivity contribution < 1.29 is 0 Å². The fourth-order valence-electron chi connectivity index (χ4n) is 2.89. The maximum atomic E-state index is 6.10. The maximum absolute atomic E-state index is 6.10. The van der Waals surface area contributed by atoms with Crippen molar-refractivity contribution in [3.8, 4) is 0 Å². The lowest BCUT2D eigenvalue weighted by atomic mass is 9.92. The highest BCUT2D eigenvalue weighted by Crippen LogP contribution is 2.24. The molecule has 0 amide bonds. The Hall–Kier alpha value is -0.570. The van der Waals surface area contributed by atoms with Gasteiger partial charge in [-0.1, -0.05) is 17.7 Å². The minimum Gasteiger partial charge on any atom is -0.324 e. The first-order valence-electron chi connectivity index (χ1n) is 6.45. The largest absolute Gasteiger partial charge is 0.324 e. The van der Waals surface area contributed by atoms with E-state index in [9.17, 15) is 0 Å². The topological polar surface area (TPSA) is 29.3 Å². The second-order valence-electron chi connectivity index (χ2n) is 6.17. The van der Waals surface area contributed by atoms with E-state index >= 15 is 0 Å². The summed E-state index contributed by atoms with van der Waals surface area (Å²) in [5, 5.41) is 0. The van der Waals surface area contributed by atoms with Crippen LogP contribution in [0.5, 0.6) is 0 Å². The predicted molar refractivity (Wildman–Crippen MR) is 80.4 cm³/mol. The molecule has 0 aliphatic carbocycles. The van der Waals surface area contributed by atoms with Gasteiger partial charge in [-0.25, -0.2) is 0 Å². The number of hydrogen-bond acceptors (Lipinski definition) is 2. The van der Waals surface area contributed by atoms with Crippen LogP contribution in [0.15, 0.2) is 12.1 Å². The predicted octanol–water partition coefficient (Wildman–Crippen LogP) is 2.82. The second kappa shape index (κ2) is 5.60. The Bertz CT molecular complexity index is 421. The van der Waals surface area contributed by atoms with Crippen LogP contribution in [-0.2, 0) is 13.0 Å². The van der Waals surface area contributed by atoms with Crippen molar-refractivity contribution in [2.24, 2.45) is 5.73 Å². The zero-order valence-corrected chi connectivity index (χ0v) is 12.7. The summed E-state index contributed by atoms with van der Waals surface area (Å²) in [6, 6.07) is 4.62. The molecular weight excluding hydrogens is 244 g/mol. The summed E-state index contributed by atoms with van der Waals surface area (Å²) in [6.45, 7) is 11.8. The third-order valence-electron chi connectivity index (χ3n) is 3.41. The van der Waals surface area contributed by atoms with Crippen LogP contribution in [0, 0.1) is 13.8 Å². The molecule has 102 valence electrons. The van der Waals surface area contributed by atoms with E-state index in [-0.39, 0.29) is 17.9 Å². The molecule has 3 heteroatoms. The van der Waals surface area contributed by atoms with Crippen molar-refractivity contribution in [2.75, 3.05) is 13.1 Å². The molecular formula is C15H25ClN2. The molecule has 1 heterocycles. The van der Waals surface area contributed by atoms with E-state index in [1.807, 2.05) is 0 Å². The highest BCUT2D eigenvalue weighted by atomic mass is 35.5. The van der Waals surface area contributed by atoms with E-state index in [1.165, 1.54) is 16.7 Å². The summed E-state index contributed by atoms with van der Waals surface area (Å²) in [5.41, 5.74) is 11.9. The summed E-state index contributed by atoms with van der Waals surface area (Å²) < 4.78 is 0. The first-order chi connectivity index (χ1) is 7.85. The average molecular weight is 269 g/mol. The summed E-state index contributed by atoms with van der Waals surface area (Å²) in [5.74, 6) is 0. The van der Waals surface area contributed by atoms with E-state index in [2.05, 4.69) is 44.7 Å². The second-order valence-corrected chi connectivity index (χ2v) is 6.17. The standard InChI is InChI=1S/C15H24N2.ClH/c1-11-7-12(2)14-5-6-17(9-13(14)8-11)10-15(3,4)16;/h7-8H,5-6,9-10,16H2,1-4H3;1H. The van der Waals surface area contributed by atoms with Gasteiger partial charge in [-0.3, -0.25) is 4.90 Å². The summed E-state index contributed by atoms with van der Waals surface area (Å²) in [7, 11) is 0. The Morgan fingerprint density at radius 3 is 2.56 bits per heavy atom. The number of aryl methyl sites for hydroxylation is 2. The number of rotatable bonds is 2. The normalized spacial score (nSPS) is 16.1. The fourth-order valence-corrected chi connectivity index (χ4v) is 2.89. The van der Waals surface area contributed by atoms with Crippen LogP contribution in [0.4, 0.5) is 0 Å². The van der Waals surface area contributed by atoms with Gasteiger partial charge in [0, 0.05) is 25.2 Å². The smallest absolute Gasteiger partial charge is 0.0237 e. The summed E-state index contributed by atoms with van der Waals surface area (Å²) >= 11 is 0. The van der Waals surface area contributed by atoms with E-state index < -0.39 is 0 Å². The van der Waals surface area contributed by atoms with Gasteiger partial charge in [0.25, 0.3) is 0 Å². The summed E-state index contributed by atoms with van der Waals surface area (Å²) in [6.07, 6.45) is 1.16. The third kappa shape index (κ3) is 3.71. The highest BCUT2D eigenvalue weighted by Gasteiger charge is 2.22. The van der Waals surface area contributed by atoms with E-state index in [0.29, 0.717) is 0 Å². The Labute approximate surface area is 117 Å². The Morgan fingerprint density at radius 2 is 1.94 bits per heavy atom. The van der Waals surface area contributed by atoms with Gasteiger partial charge in [-0.05, 0) is 50.8 Å². The molecule has 2 nitrogen and oxygen atoms in total. The van der Waals surface area contributed by atoms with Gasteiger partial charge >= 0.3 is 0 Å². The lowest BCUT2D eigenvalue weighted by molar-refractivity contribution is 0.209. The fraction of sp³-hybridized carbons (Fsp3) is 0.600. The number of nitrogens with two attached hydrogens (primary N) is 1. The van der Waals surface area contributed by atoms with Crippen LogP contribution in [-0.4, -0.2) is 23.5 Å². The molecule has 0 atom stereocenters. The zero-order chi connectivity index (χ0) is 12.6. The lowest BCUT2D eigenvalue weighted by Gasteiger charge is -2.34. The first kappa shape index (κ1) is 15.5. The van der Waals surface area contributed by atoms with Crippen LogP contribution >= 0.6 is 12.4 Å². The first-order valence-corrected chi connectivity index (χ1v) is 6.45. The number of hydrogen-bond donors (Lipinski definition) is 1. The summed E-state index contributed by atoms with van der Waals surface area (Å²) in [4.78, 5) is 2.47. The van der Waals surface area contributed by atoms with E-state index in [1.54, 1.807) is 5.56 Å². The molecule has 0 saturated carbocycles. The van der Waals surface area contributed by atoms with Crippen LogP contribution in [0.25, 0.3) is 0 Å². The lowest BCUT2D eigenvalue weighted by Crippen LogP contribution is -2.46. The van der Waals surface area contributed by atoms with Crippen molar-refractivity contribution in [1.82, 2.24) is 4.90 Å². The molecule has 0 spiro atoms. The highest BCUT2D eigenvalue weighted by molar-refractivity contribution is 5.85. The third-order valence-corrected chi connectivity index (χ3v) is 3.41. The molecule has 1 aromatic rings. The van der Waals surface area contributed by atoms with Crippen LogP contribution in [0.3, 0.4) is 0 Å². The molecule has 2 N–H and O–H groups in total. The van der Waals surface area contributed by atoms with Gasteiger partial charge in [-0.2, -0.15) is 0 Å². The zero-order valence-electron chi connectivity index (χ0n) is 11.9. The Kier molecular flexibility index (Phi) is 4.82. The minimum atomic E-state index is -0.101. The number of halogens is 1.